The quantitative estimate of drug-likeness (QED) is 0.487. The fourth-order valence-corrected chi connectivity index (χ4v) is 3.07. The van der Waals surface area contributed by atoms with E-state index in [0.29, 0.717) is 35.3 Å². The molecule has 0 aliphatic heterocycles. The lowest BCUT2D eigenvalue weighted by atomic mass is 10.1. The van der Waals surface area contributed by atoms with Crippen LogP contribution in [0, 0.1) is 11.3 Å². The van der Waals surface area contributed by atoms with E-state index in [1.807, 2.05) is 18.2 Å². The number of hydrogen-bond acceptors (Lipinski definition) is 8. The SMILES string of the molecule is COc1n[nH]cc1N(CCO)c1ncc2cnn(Cc3ccccc3C#N)c2n1. The van der Waals surface area contributed by atoms with Crippen molar-refractivity contribution in [3.63, 3.8) is 0 Å². The van der Waals surface area contributed by atoms with E-state index in [0.717, 1.165) is 10.9 Å². The lowest BCUT2D eigenvalue weighted by Crippen LogP contribution is -2.23. The second-order valence-corrected chi connectivity index (χ2v) is 6.18. The first-order valence-electron chi connectivity index (χ1n) is 8.88. The van der Waals surface area contributed by atoms with Gasteiger partial charge in [0, 0.05) is 18.9 Å². The van der Waals surface area contributed by atoms with E-state index in [1.165, 1.54) is 7.11 Å². The molecule has 0 saturated heterocycles. The van der Waals surface area contributed by atoms with Crippen LogP contribution in [-0.2, 0) is 6.54 Å². The summed E-state index contributed by atoms with van der Waals surface area (Å²) in [6.07, 6.45) is 5.01. The van der Waals surface area contributed by atoms with Crippen molar-refractivity contribution >= 4 is 22.7 Å². The van der Waals surface area contributed by atoms with Crippen molar-refractivity contribution in [2.45, 2.75) is 6.54 Å². The van der Waals surface area contributed by atoms with Crippen molar-refractivity contribution in [3.05, 3.63) is 54.0 Å². The molecular formula is C19H18N8O2. The largest absolute Gasteiger partial charge is 0.478 e. The van der Waals surface area contributed by atoms with Gasteiger partial charge in [0.05, 0.1) is 43.5 Å². The maximum atomic E-state index is 9.52. The summed E-state index contributed by atoms with van der Waals surface area (Å²) in [7, 11) is 1.52. The van der Waals surface area contributed by atoms with E-state index < -0.39 is 0 Å². The van der Waals surface area contributed by atoms with Crippen LogP contribution in [0.2, 0.25) is 0 Å². The Bertz CT molecular complexity index is 1180. The minimum Gasteiger partial charge on any atom is -0.478 e. The van der Waals surface area contributed by atoms with Crippen LogP contribution < -0.4 is 9.64 Å². The minimum atomic E-state index is -0.107. The van der Waals surface area contributed by atoms with Gasteiger partial charge < -0.3 is 14.7 Å². The zero-order chi connectivity index (χ0) is 20.2. The maximum Gasteiger partial charge on any atom is 0.256 e. The van der Waals surface area contributed by atoms with E-state index in [4.69, 9.17) is 4.74 Å². The fourth-order valence-electron chi connectivity index (χ4n) is 3.07. The molecule has 0 amide bonds. The van der Waals surface area contributed by atoms with E-state index in [-0.39, 0.29) is 13.2 Å². The first-order valence-corrected chi connectivity index (χ1v) is 8.88. The number of nitriles is 1. The molecule has 0 aliphatic rings. The third-order valence-corrected chi connectivity index (χ3v) is 4.46. The molecule has 3 aromatic heterocycles. The Morgan fingerprint density at radius 3 is 2.97 bits per heavy atom. The van der Waals surface area contributed by atoms with Crippen LogP contribution in [0.4, 0.5) is 11.6 Å². The highest BCUT2D eigenvalue weighted by Crippen LogP contribution is 2.30. The number of hydrogen-bond donors (Lipinski definition) is 2. The minimum absolute atomic E-state index is 0.107. The van der Waals surface area contributed by atoms with Crippen LogP contribution in [0.5, 0.6) is 5.88 Å². The van der Waals surface area contributed by atoms with Gasteiger partial charge in [0.25, 0.3) is 5.88 Å². The zero-order valence-electron chi connectivity index (χ0n) is 15.6. The van der Waals surface area contributed by atoms with Crippen molar-refractivity contribution in [3.8, 4) is 11.9 Å². The molecule has 0 spiro atoms. The van der Waals surface area contributed by atoms with E-state index in [2.05, 4.69) is 31.3 Å². The number of H-pyrrole nitrogens is 1. The Hall–Kier alpha value is -3.97. The zero-order valence-corrected chi connectivity index (χ0v) is 15.6. The summed E-state index contributed by atoms with van der Waals surface area (Å²) in [6.45, 7) is 0.552. The average molecular weight is 390 g/mol. The van der Waals surface area contributed by atoms with Crippen molar-refractivity contribution < 1.29 is 9.84 Å². The number of anilines is 2. The number of aliphatic hydroxyl groups is 1. The van der Waals surface area contributed by atoms with Gasteiger partial charge >= 0.3 is 0 Å². The number of fused-ring (bicyclic) bond motifs is 1. The van der Waals surface area contributed by atoms with Gasteiger partial charge in [-0.3, -0.25) is 5.10 Å². The molecule has 0 saturated carbocycles. The van der Waals surface area contributed by atoms with E-state index >= 15 is 0 Å². The van der Waals surface area contributed by atoms with E-state index in [1.54, 1.807) is 34.2 Å². The summed E-state index contributed by atoms with van der Waals surface area (Å²) in [4.78, 5) is 10.8. The van der Waals surface area contributed by atoms with Crippen LogP contribution in [-0.4, -0.2) is 55.3 Å². The Morgan fingerprint density at radius 1 is 1.31 bits per heavy atom. The topological polar surface area (TPSA) is 129 Å². The predicted octanol–water partition coefficient (Wildman–Crippen LogP) is 1.61. The van der Waals surface area contributed by atoms with Gasteiger partial charge in [-0.15, -0.1) is 5.10 Å². The first-order chi connectivity index (χ1) is 14.2. The molecule has 1 aromatic carbocycles. The molecular weight excluding hydrogens is 372 g/mol. The van der Waals surface area contributed by atoms with Crippen LogP contribution in [0.3, 0.4) is 0 Å². The Labute approximate surface area is 166 Å². The number of nitrogens with zero attached hydrogens (tertiary/aromatic N) is 7. The first kappa shape index (κ1) is 18.4. The van der Waals surface area contributed by atoms with Gasteiger partial charge in [-0.2, -0.15) is 15.3 Å². The van der Waals surface area contributed by atoms with Crippen LogP contribution >= 0.6 is 0 Å². The Kier molecular flexibility index (Phi) is 5.05. The second kappa shape index (κ2) is 7.95. The highest BCUT2D eigenvalue weighted by molar-refractivity contribution is 5.76. The van der Waals surface area contributed by atoms with Gasteiger partial charge in [-0.1, -0.05) is 18.2 Å². The molecule has 0 atom stereocenters. The number of methoxy groups -OCH3 is 1. The molecule has 0 radical (unpaired) electrons. The molecule has 4 rings (SSSR count). The van der Waals surface area contributed by atoms with Crippen molar-refractivity contribution in [2.24, 2.45) is 0 Å². The maximum absolute atomic E-state index is 9.52. The monoisotopic (exact) mass is 390 g/mol. The molecule has 10 heteroatoms. The summed E-state index contributed by atoms with van der Waals surface area (Å²) >= 11 is 0. The van der Waals surface area contributed by atoms with Gasteiger partial charge in [0.2, 0.25) is 5.95 Å². The number of nitrogens with one attached hydrogen (secondary N) is 1. The Morgan fingerprint density at radius 2 is 2.17 bits per heavy atom. The molecule has 29 heavy (non-hydrogen) atoms. The molecule has 10 nitrogen and oxygen atoms in total. The number of rotatable bonds is 7. The predicted molar refractivity (Wildman–Crippen MR) is 105 cm³/mol. The molecule has 0 aliphatic carbocycles. The molecule has 2 N–H and O–H groups in total. The Balaban J connectivity index is 1.75. The lowest BCUT2D eigenvalue weighted by Gasteiger charge is -2.20. The number of aromatic nitrogens is 6. The molecule has 0 unspecified atom stereocenters. The van der Waals surface area contributed by atoms with Gasteiger partial charge in [-0.25, -0.2) is 9.67 Å². The average Bonchev–Trinajstić information content (AvgIpc) is 3.39. The van der Waals surface area contributed by atoms with Crippen LogP contribution in [0.1, 0.15) is 11.1 Å². The van der Waals surface area contributed by atoms with Crippen molar-refractivity contribution in [1.29, 1.82) is 5.26 Å². The summed E-state index contributed by atoms with van der Waals surface area (Å²) in [5, 5.41) is 30.8. The van der Waals surface area contributed by atoms with Gasteiger partial charge in [0.15, 0.2) is 5.65 Å². The third-order valence-electron chi connectivity index (χ3n) is 4.46. The standard InChI is InChI=1S/C19H18N8O2/c1-29-18-16(11-22-25-18)26(6-7-28)19-21-9-15-10-23-27(17(15)24-19)12-14-5-3-2-4-13(14)8-20/h2-5,9-11,28H,6-7,12H2,1H3,(H,22,25). The summed E-state index contributed by atoms with van der Waals surface area (Å²) < 4.78 is 6.99. The number of aliphatic hydroxyl groups excluding tert-OH is 1. The van der Waals surface area contributed by atoms with E-state index in [9.17, 15) is 10.4 Å². The molecule has 0 fully saturated rings. The summed E-state index contributed by atoms with van der Waals surface area (Å²) in [5.74, 6) is 0.750. The summed E-state index contributed by atoms with van der Waals surface area (Å²) in [5.41, 5.74) is 2.68. The summed E-state index contributed by atoms with van der Waals surface area (Å²) in [6, 6.07) is 9.58. The van der Waals surface area contributed by atoms with Gasteiger partial charge in [-0.05, 0) is 11.6 Å². The fraction of sp³-hybridized carbons (Fsp3) is 0.211. The smallest absolute Gasteiger partial charge is 0.256 e. The van der Waals surface area contributed by atoms with Gasteiger partial charge in [0.1, 0.15) is 5.69 Å². The molecule has 4 aromatic rings. The second-order valence-electron chi connectivity index (χ2n) is 6.18. The third kappa shape index (κ3) is 3.46. The number of aromatic amines is 1. The normalized spacial score (nSPS) is 10.8. The van der Waals surface area contributed by atoms with Crippen molar-refractivity contribution in [1.82, 2.24) is 29.9 Å². The molecule has 3 heterocycles. The lowest BCUT2D eigenvalue weighted by molar-refractivity contribution is 0.304. The molecule has 146 valence electrons. The van der Waals surface area contributed by atoms with Crippen LogP contribution in [0.25, 0.3) is 11.0 Å². The highest BCUT2D eigenvalue weighted by atomic mass is 16.5. The number of ether oxygens (including phenoxy) is 1. The highest BCUT2D eigenvalue weighted by Gasteiger charge is 2.20. The number of benzene rings is 1. The molecule has 0 bridgehead atoms. The van der Waals surface area contributed by atoms with Crippen LogP contribution in [0.15, 0.2) is 42.9 Å². The van der Waals surface area contributed by atoms with Crippen molar-refractivity contribution in [2.75, 3.05) is 25.2 Å².